The van der Waals surface area contributed by atoms with Crippen LogP contribution >= 0.6 is 0 Å². The molecule has 0 aromatic heterocycles. The molecule has 0 radical (unpaired) electrons. The maximum atomic E-state index is 11.5. The lowest BCUT2D eigenvalue weighted by molar-refractivity contribution is -0.145. The van der Waals surface area contributed by atoms with E-state index in [0.717, 1.165) is 24.3 Å². The Morgan fingerprint density at radius 2 is 1.88 bits per heavy atom. The fourth-order valence-corrected chi connectivity index (χ4v) is 6.86. The zero-order valence-corrected chi connectivity index (χ0v) is 22.3. The largest absolute Gasteiger partial charge is 0.458 e. The lowest BCUT2D eigenvalue weighted by Gasteiger charge is -2.44. The van der Waals surface area contributed by atoms with Crippen molar-refractivity contribution in [1.82, 2.24) is 0 Å². The fraction of sp³-hybridized carbons (Fsp3) is 0.710. The van der Waals surface area contributed by atoms with Crippen LogP contribution in [0, 0.1) is 40.9 Å². The summed E-state index contributed by atoms with van der Waals surface area (Å²) in [6, 6.07) is 0. The summed E-state index contributed by atoms with van der Waals surface area (Å²) < 4.78 is 5.57. The Hall–Kier alpha value is -1.57. The van der Waals surface area contributed by atoms with E-state index >= 15 is 0 Å². The molecule has 7 atom stereocenters. The maximum Gasteiger partial charge on any atom is 0.303 e. The number of carbonyl (C=O) groups excluding carboxylic acids is 1. The summed E-state index contributed by atoms with van der Waals surface area (Å²) in [6.07, 6.45) is 18.0. The van der Waals surface area contributed by atoms with Crippen molar-refractivity contribution < 1.29 is 9.53 Å². The van der Waals surface area contributed by atoms with Crippen molar-refractivity contribution in [2.45, 2.75) is 99.5 Å². The van der Waals surface area contributed by atoms with Gasteiger partial charge in [0.05, 0.1) is 0 Å². The summed E-state index contributed by atoms with van der Waals surface area (Å²) in [5, 5.41) is 0. The Morgan fingerprint density at radius 1 is 1.15 bits per heavy atom. The first-order chi connectivity index (χ1) is 15.5. The highest BCUT2D eigenvalue weighted by atomic mass is 16.5. The molecule has 0 N–H and O–H groups in total. The molecule has 184 valence electrons. The number of carbonyl (C=O) groups is 1. The molecule has 0 aromatic carbocycles. The molecule has 3 saturated carbocycles. The summed E-state index contributed by atoms with van der Waals surface area (Å²) >= 11 is 0. The lowest BCUT2D eigenvalue weighted by Crippen LogP contribution is -2.35. The van der Waals surface area contributed by atoms with Crippen LogP contribution in [0.15, 0.2) is 47.6 Å². The Balaban J connectivity index is 1.77. The first-order valence-corrected chi connectivity index (χ1v) is 13.5. The standard InChI is InChI=1S/C31H48O2/c1-20(2)22(4)11-12-23(5)28-15-16-29-26(10-9-17-31(28,29)8)13-14-27-18-21(3)19-30(24(27)6)33-25(7)32/h11-14,20-23,28-30H,6,9-10,15-19H2,1-5,7-8H3/b12-11+,26-13+,27-14+/t21-,22+,23-,28?,29+,30+,31-/m1/s1. The van der Waals surface area contributed by atoms with Gasteiger partial charge in [-0.05, 0) is 97.0 Å². The van der Waals surface area contributed by atoms with Crippen molar-refractivity contribution in [1.29, 1.82) is 0 Å². The van der Waals surface area contributed by atoms with Crippen molar-refractivity contribution in [2.75, 3.05) is 0 Å². The maximum absolute atomic E-state index is 11.5. The van der Waals surface area contributed by atoms with E-state index in [9.17, 15) is 4.79 Å². The second kappa shape index (κ2) is 10.8. The minimum atomic E-state index is -0.209. The second-order valence-electron chi connectivity index (χ2n) is 12.0. The monoisotopic (exact) mass is 452 g/mol. The highest BCUT2D eigenvalue weighted by Crippen LogP contribution is 2.59. The molecule has 0 saturated heterocycles. The molecule has 0 heterocycles. The average Bonchev–Trinajstić information content (AvgIpc) is 3.10. The van der Waals surface area contributed by atoms with Crippen LogP contribution in [-0.4, -0.2) is 12.1 Å². The number of allylic oxidation sites excluding steroid dienone is 5. The minimum Gasteiger partial charge on any atom is -0.458 e. The molecule has 3 aliphatic rings. The van der Waals surface area contributed by atoms with Crippen LogP contribution in [0.4, 0.5) is 0 Å². The number of hydrogen-bond acceptors (Lipinski definition) is 2. The SMILES string of the molecule is C=C1/C(=C/C=C2\CCC[C@]3(C)C([C@H](C)/C=C/[C@H](C)C(C)C)CC[C@@H]23)C[C@@H](C)C[C@@H]1OC(C)=O. The molecular formula is C31H48O2. The second-order valence-corrected chi connectivity index (χ2v) is 12.0. The van der Waals surface area contributed by atoms with Crippen LogP contribution in [0.25, 0.3) is 0 Å². The van der Waals surface area contributed by atoms with Crippen LogP contribution in [-0.2, 0) is 9.53 Å². The molecule has 3 rings (SSSR count). The number of fused-ring (bicyclic) bond motifs is 1. The molecule has 0 spiro atoms. The van der Waals surface area contributed by atoms with Gasteiger partial charge in [-0.2, -0.15) is 0 Å². The summed E-state index contributed by atoms with van der Waals surface area (Å²) in [6.45, 7) is 20.0. The Labute approximate surface area is 203 Å². The van der Waals surface area contributed by atoms with Crippen LogP contribution in [0.5, 0.6) is 0 Å². The molecular weight excluding hydrogens is 404 g/mol. The molecule has 0 aromatic rings. The van der Waals surface area contributed by atoms with Crippen molar-refractivity contribution >= 4 is 5.97 Å². The van der Waals surface area contributed by atoms with Crippen molar-refractivity contribution in [3.8, 4) is 0 Å². The van der Waals surface area contributed by atoms with Crippen molar-refractivity contribution in [3.63, 3.8) is 0 Å². The Kier molecular flexibility index (Phi) is 8.51. The summed E-state index contributed by atoms with van der Waals surface area (Å²) in [4.78, 5) is 11.5. The van der Waals surface area contributed by atoms with Gasteiger partial charge in [-0.1, -0.05) is 78.0 Å². The molecule has 1 unspecified atom stereocenters. The first-order valence-electron chi connectivity index (χ1n) is 13.5. The number of ether oxygens (including phenoxy) is 1. The summed E-state index contributed by atoms with van der Waals surface area (Å²) in [7, 11) is 0. The van der Waals surface area contributed by atoms with Crippen LogP contribution in [0.2, 0.25) is 0 Å². The Morgan fingerprint density at radius 3 is 2.55 bits per heavy atom. The van der Waals surface area contributed by atoms with E-state index in [-0.39, 0.29) is 12.1 Å². The molecule has 2 nitrogen and oxygen atoms in total. The van der Waals surface area contributed by atoms with E-state index in [1.165, 1.54) is 44.6 Å². The van der Waals surface area contributed by atoms with Gasteiger partial charge in [0.15, 0.2) is 0 Å². The molecule has 0 amide bonds. The van der Waals surface area contributed by atoms with Crippen molar-refractivity contribution in [2.24, 2.45) is 40.9 Å². The molecule has 3 fully saturated rings. The first kappa shape index (κ1) is 26.0. The van der Waals surface area contributed by atoms with Gasteiger partial charge in [0, 0.05) is 6.92 Å². The lowest BCUT2D eigenvalue weighted by atomic mass is 9.61. The normalized spacial score (nSPS) is 37.0. The third-order valence-corrected chi connectivity index (χ3v) is 9.24. The van der Waals surface area contributed by atoms with E-state index in [2.05, 4.69) is 72.4 Å². The zero-order chi connectivity index (χ0) is 24.3. The highest BCUT2D eigenvalue weighted by Gasteiger charge is 2.50. The molecule has 3 aliphatic carbocycles. The van der Waals surface area contributed by atoms with Gasteiger partial charge in [0.1, 0.15) is 6.10 Å². The van der Waals surface area contributed by atoms with E-state index in [4.69, 9.17) is 4.74 Å². The van der Waals surface area contributed by atoms with Gasteiger partial charge in [-0.25, -0.2) is 0 Å². The topological polar surface area (TPSA) is 26.3 Å². The number of hydrogen-bond donors (Lipinski definition) is 0. The average molecular weight is 453 g/mol. The zero-order valence-electron chi connectivity index (χ0n) is 22.3. The molecule has 33 heavy (non-hydrogen) atoms. The molecule has 2 heteroatoms. The van der Waals surface area contributed by atoms with E-state index in [0.29, 0.717) is 35.0 Å². The summed E-state index contributed by atoms with van der Waals surface area (Å²) in [5.74, 6) is 3.76. The third-order valence-electron chi connectivity index (χ3n) is 9.24. The van der Waals surface area contributed by atoms with Gasteiger partial charge < -0.3 is 4.74 Å². The van der Waals surface area contributed by atoms with Gasteiger partial charge in [0.2, 0.25) is 0 Å². The van der Waals surface area contributed by atoms with Gasteiger partial charge in [0.25, 0.3) is 0 Å². The predicted octanol–water partition coefficient (Wildman–Crippen LogP) is 8.46. The fourth-order valence-electron chi connectivity index (χ4n) is 6.86. The number of esters is 1. The molecule has 0 bridgehead atoms. The third kappa shape index (κ3) is 5.92. The molecule has 0 aliphatic heterocycles. The Bertz CT molecular complexity index is 813. The highest BCUT2D eigenvalue weighted by molar-refractivity contribution is 5.66. The quantitative estimate of drug-likeness (QED) is 0.298. The smallest absolute Gasteiger partial charge is 0.303 e. The van der Waals surface area contributed by atoms with Crippen LogP contribution in [0.1, 0.15) is 93.4 Å². The van der Waals surface area contributed by atoms with Crippen LogP contribution < -0.4 is 0 Å². The van der Waals surface area contributed by atoms with E-state index in [1.807, 2.05) is 0 Å². The van der Waals surface area contributed by atoms with E-state index < -0.39 is 0 Å². The van der Waals surface area contributed by atoms with Crippen LogP contribution in [0.3, 0.4) is 0 Å². The van der Waals surface area contributed by atoms with Crippen molar-refractivity contribution in [3.05, 3.63) is 47.6 Å². The minimum absolute atomic E-state index is 0.163. The van der Waals surface area contributed by atoms with E-state index in [1.54, 1.807) is 5.57 Å². The van der Waals surface area contributed by atoms with Gasteiger partial charge >= 0.3 is 5.97 Å². The van der Waals surface area contributed by atoms with Gasteiger partial charge in [-0.3, -0.25) is 4.79 Å². The summed E-state index contributed by atoms with van der Waals surface area (Å²) in [5.41, 5.74) is 4.32. The number of rotatable bonds is 6. The van der Waals surface area contributed by atoms with Gasteiger partial charge in [-0.15, -0.1) is 0 Å². The predicted molar refractivity (Wildman–Crippen MR) is 140 cm³/mol.